The van der Waals surface area contributed by atoms with Crippen molar-refractivity contribution >= 4 is 22.7 Å². The maximum Gasteiger partial charge on any atom is 0.255 e. The Labute approximate surface area is 173 Å². The first-order valence-corrected chi connectivity index (χ1v) is 9.19. The van der Waals surface area contributed by atoms with Crippen molar-refractivity contribution in [3.63, 3.8) is 0 Å². The standard InChI is InChI=1S/C23H20N2O5/c1-27-17-6-4-5-15(11-17)23-25-18-9-8-16(13-20(18)30-23)24-22(26)14-7-10-19(28-2)21(12-14)29-3/h4-13H,1-3H3,(H,24,26). The summed E-state index contributed by atoms with van der Waals surface area (Å²) < 4.78 is 21.6. The summed E-state index contributed by atoms with van der Waals surface area (Å²) in [4.78, 5) is 17.2. The van der Waals surface area contributed by atoms with Crippen molar-refractivity contribution in [1.82, 2.24) is 4.98 Å². The number of hydrogen-bond donors (Lipinski definition) is 1. The van der Waals surface area contributed by atoms with Crippen molar-refractivity contribution < 1.29 is 23.4 Å². The van der Waals surface area contributed by atoms with Crippen molar-refractivity contribution in [1.29, 1.82) is 0 Å². The third kappa shape index (κ3) is 3.77. The van der Waals surface area contributed by atoms with Gasteiger partial charge in [-0.05, 0) is 48.5 Å². The fourth-order valence-corrected chi connectivity index (χ4v) is 3.06. The zero-order valence-electron chi connectivity index (χ0n) is 16.8. The average Bonchev–Trinajstić information content (AvgIpc) is 3.22. The van der Waals surface area contributed by atoms with E-state index >= 15 is 0 Å². The number of carbonyl (C=O) groups excluding carboxylic acids is 1. The lowest BCUT2D eigenvalue weighted by Crippen LogP contribution is -2.12. The maximum absolute atomic E-state index is 12.6. The van der Waals surface area contributed by atoms with Crippen LogP contribution in [0.2, 0.25) is 0 Å². The van der Waals surface area contributed by atoms with Crippen LogP contribution >= 0.6 is 0 Å². The Morgan fingerprint density at radius 1 is 0.900 bits per heavy atom. The van der Waals surface area contributed by atoms with Crippen LogP contribution in [-0.2, 0) is 0 Å². The highest BCUT2D eigenvalue weighted by atomic mass is 16.5. The molecule has 4 rings (SSSR count). The van der Waals surface area contributed by atoms with Crippen LogP contribution < -0.4 is 19.5 Å². The minimum Gasteiger partial charge on any atom is -0.497 e. The zero-order valence-corrected chi connectivity index (χ0v) is 16.8. The summed E-state index contributed by atoms with van der Waals surface area (Å²) >= 11 is 0. The summed E-state index contributed by atoms with van der Waals surface area (Å²) in [6.45, 7) is 0. The number of benzene rings is 3. The molecule has 152 valence electrons. The van der Waals surface area contributed by atoms with Gasteiger partial charge in [-0.25, -0.2) is 4.98 Å². The number of rotatable bonds is 6. The van der Waals surface area contributed by atoms with Crippen LogP contribution in [0.25, 0.3) is 22.6 Å². The van der Waals surface area contributed by atoms with E-state index in [0.29, 0.717) is 39.7 Å². The lowest BCUT2D eigenvalue weighted by Gasteiger charge is -2.10. The number of nitrogens with zero attached hydrogens (tertiary/aromatic N) is 1. The van der Waals surface area contributed by atoms with Gasteiger partial charge in [-0.2, -0.15) is 0 Å². The molecule has 0 bridgehead atoms. The number of carbonyl (C=O) groups is 1. The summed E-state index contributed by atoms with van der Waals surface area (Å²) in [7, 11) is 4.68. The fourth-order valence-electron chi connectivity index (χ4n) is 3.06. The molecule has 0 saturated heterocycles. The molecule has 0 atom stereocenters. The van der Waals surface area contributed by atoms with Gasteiger partial charge in [0.1, 0.15) is 11.3 Å². The Balaban J connectivity index is 1.58. The van der Waals surface area contributed by atoms with Gasteiger partial charge in [0.25, 0.3) is 5.91 Å². The molecule has 0 unspecified atom stereocenters. The molecule has 0 aliphatic carbocycles. The monoisotopic (exact) mass is 404 g/mol. The zero-order chi connectivity index (χ0) is 21.1. The second kappa shape index (κ2) is 8.16. The Morgan fingerprint density at radius 3 is 2.50 bits per heavy atom. The molecule has 1 aromatic heterocycles. The number of methoxy groups -OCH3 is 3. The van der Waals surface area contributed by atoms with Crippen molar-refractivity contribution in [2.24, 2.45) is 0 Å². The van der Waals surface area contributed by atoms with Gasteiger partial charge < -0.3 is 23.9 Å². The Kier molecular flexibility index (Phi) is 5.26. The molecule has 0 aliphatic heterocycles. The van der Waals surface area contributed by atoms with Gasteiger partial charge in [0.05, 0.1) is 21.3 Å². The minimum absolute atomic E-state index is 0.275. The maximum atomic E-state index is 12.6. The minimum atomic E-state index is -0.275. The van der Waals surface area contributed by atoms with E-state index in [0.717, 1.165) is 11.3 Å². The van der Waals surface area contributed by atoms with Gasteiger partial charge in [0.15, 0.2) is 17.1 Å². The Bertz CT molecular complexity index is 1220. The molecular formula is C23H20N2O5. The number of hydrogen-bond acceptors (Lipinski definition) is 6. The van der Waals surface area contributed by atoms with E-state index < -0.39 is 0 Å². The predicted molar refractivity (Wildman–Crippen MR) is 113 cm³/mol. The summed E-state index contributed by atoms with van der Waals surface area (Å²) in [5.74, 6) is 1.97. The first-order valence-electron chi connectivity index (χ1n) is 9.19. The third-order valence-corrected chi connectivity index (χ3v) is 4.61. The molecule has 1 N–H and O–H groups in total. The van der Waals surface area contributed by atoms with Crippen LogP contribution in [0.4, 0.5) is 5.69 Å². The van der Waals surface area contributed by atoms with Crippen LogP contribution in [0, 0.1) is 0 Å². The van der Waals surface area contributed by atoms with Gasteiger partial charge in [0, 0.05) is 22.9 Å². The molecule has 30 heavy (non-hydrogen) atoms. The Morgan fingerprint density at radius 2 is 1.73 bits per heavy atom. The van der Waals surface area contributed by atoms with Gasteiger partial charge in [-0.1, -0.05) is 6.07 Å². The number of oxazole rings is 1. The average molecular weight is 404 g/mol. The highest BCUT2D eigenvalue weighted by Crippen LogP contribution is 2.30. The SMILES string of the molecule is COc1cccc(-c2nc3ccc(NC(=O)c4ccc(OC)c(OC)c4)cc3o2)c1. The van der Waals surface area contributed by atoms with E-state index in [-0.39, 0.29) is 5.91 Å². The van der Waals surface area contributed by atoms with Crippen molar-refractivity contribution in [3.8, 4) is 28.7 Å². The highest BCUT2D eigenvalue weighted by molar-refractivity contribution is 6.05. The van der Waals surface area contributed by atoms with E-state index in [1.165, 1.54) is 7.11 Å². The molecule has 1 heterocycles. The molecule has 0 aliphatic rings. The highest BCUT2D eigenvalue weighted by Gasteiger charge is 2.13. The quantitative estimate of drug-likeness (QED) is 0.498. The smallest absolute Gasteiger partial charge is 0.255 e. The molecular weight excluding hydrogens is 384 g/mol. The fraction of sp³-hybridized carbons (Fsp3) is 0.130. The molecule has 4 aromatic rings. The lowest BCUT2D eigenvalue weighted by molar-refractivity contribution is 0.102. The molecule has 0 radical (unpaired) electrons. The first kappa shape index (κ1) is 19.3. The lowest BCUT2D eigenvalue weighted by atomic mass is 10.2. The van der Waals surface area contributed by atoms with Crippen molar-refractivity contribution in [2.75, 3.05) is 26.6 Å². The number of anilines is 1. The van der Waals surface area contributed by atoms with Crippen molar-refractivity contribution in [3.05, 3.63) is 66.2 Å². The summed E-state index contributed by atoms with van der Waals surface area (Å²) in [6, 6.07) is 17.8. The van der Waals surface area contributed by atoms with E-state index in [9.17, 15) is 4.79 Å². The Hall–Kier alpha value is -4.00. The second-order valence-electron chi connectivity index (χ2n) is 6.46. The van der Waals surface area contributed by atoms with Crippen LogP contribution in [0.3, 0.4) is 0 Å². The molecule has 7 nitrogen and oxygen atoms in total. The number of amides is 1. The molecule has 1 amide bonds. The van der Waals surface area contributed by atoms with E-state index in [1.807, 2.05) is 24.3 Å². The normalized spacial score (nSPS) is 10.6. The van der Waals surface area contributed by atoms with E-state index in [2.05, 4.69) is 10.3 Å². The second-order valence-corrected chi connectivity index (χ2v) is 6.46. The third-order valence-electron chi connectivity index (χ3n) is 4.61. The van der Waals surface area contributed by atoms with Crippen LogP contribution in [0.5, 0.6) is 17.2 Å². The van der Waals surface area contributed by atoms with Crippen LogP contribution in [0.1, 0.15) is 10.4 Å². The number of ether oxygens (including phenoxy) is 3. The van der Waals surface area contributed by atoms with Gasteiger partial charge >= 0.3 is 0 Å². The van der Waals surface area contributed by atoms with Crippen molar-refractivity contribution in [2.45, 2.75) is 0 Å². The molecule has 7 heteroatoms. The van der Waals surface area contributed by atoms with Gasteiger partial charge in [-0.15, -0.1) is 0 Å². The summed E-state index contributed by atoms with van der Waals surface area (Å²) in [6.07, 6.45) is 0. The van der Waals surface area contributed by atoms with Gasteiger partial charge in [0.2, 0.25) is 5.89 Å². The first-order chi connectivity index (χ1) is 14.6. The van der Waals surface area contributed by atoms with E-state index in [4.69, 9.17) is 18.6 Å². The topological polar surface area (TPSA) is 82.8 Å². The molecule has 0 spiro atoms. The predicted octanol–water partition coefficient (Wildman–Crippen LogP) is 4.77. The number of aromatic nitrogens is 1. The largest absolute Gasteiger partial charge is 0.497 e. The number of fused-ring (bicyclic) bond motifs is 1. The summed E-state index contributed by atoms with van der Waals surface area (Å²) in [5.41, 5.74) is 3.11. The number of nitrogens with one attached hydrogen (secondary N) is 1. The van der Waals surface area contributed by atoms with E-state index in [1.54, 1.807) is 50.6 Å². The van der Waals surface area contributed by atoms with Crippen LogP contribution in [-0.4, -0.2) is 32.2 Å². The summed E-state index contributed by atoms with van der Waals surface area (Å²) in [5, 5.41) is 2.86. The van der Waals surface area contributed by atoms with Gasteiger partial charge in [-0.3, -0.25) is 4.79 Å². The molecule has 3 aromatic carbocycles. The van der Waals surface area contributed by atoms with Crippen LogP contribution in [0.15, 0.2) is 65.1 Å². The molecule has 0 fully saturated rings. The molecule has 0 saturated carbocycles.